The lowest BCUT2D eigenvalue weighted by atomic mass is 10.1. The van der Waals surface area contributed by atoms with E-state index in [-0.39, 0.29) is 11.9 Å². The van der Waals surface area contributed by atoms with Crippen molar-refractivity contribution in [3.8, 4) is 0 Å². The van der Waals surface area contributed by atoms with Gasteiger partial charge in [0.05, 0.1) is 16.9 Å². The number of rotatable bonds is 5. The molecule has 8 nitrogen and oxygen atoms in total. The quantitative estimate of drug-likeness (QED) is 0.530. The molecule has 0 radical (unpaired) electrons. The molecule has 4 rings (SSSR count). The molecule has 1 fully saturated rings. The number of aromatic nitrogens is 3. The predicted molar refractivity (Wildman–Crippen MR) is 126 cm³/mol. The van der Waals surface area contributed by atoms with E-state index in [4.69, 9.17) is 17.3 Å². The molecule has 3 aromatic rings. The van der Waals surface area contributed by atoms with Gasteiger partial charge in [-0.05, 0) is 44.4 Å². The van der Waals surface area contributed by atoms with Crippen molar-refractivity contribution in [2.45, 2.75) is 33.2 Å². The first-order valence-electron chi connectivity index (χ1n) is 9.95. The number of anilines is 4. The van der Waals surface area contributed by atoms with Crippen LogP contribution in [0.4, 0.5) is 22.5 Å². The number of thiazole rings is 1. The standard InChI is InChI=1S/C21H24ClN7OS/c1-11-6-12(2)19(15(22)7-11)28-20(30)16-9-24-21(31-16)27-17-8-18(26-13(3)25-17)29-5-4-14(23)10-29/h6-9,14H,4-5,10,23H2,1-3H3,(H,28,30)(H,24,25,26,27). The molecule has 1 saturated heterocycles. The van der Waals surface area contributed by atoms with Crippen LogP contribution in [0.3, 0.4) is 0 Å². The molecule has 2 aromatic heterocycles. The lowest BCUT2D eigenvalue weighted by molar-refractivity contribution is 0.103. The van der Waals surface area contributed by atoms with Crippen LogP contribution in [0.5, 0.6) is 0 Å². The van der Waals surface area contributed by atoms with Crippen LogP contribution in [0.1, 0.15) is 33.0 Å². The van der Waals surface area contributed by atoms with Crippen molar-refractivity contribution in [2.24, 2.45) is 5.73 Å². The van der Waals surface area contributed by atoms with Gasteiger partial charge in [0.2, 0.25) is 0 Å². The molecule has 1 amide bonds. The first-order valence-corrected chi connectivity index (χ1v) is 11.1. The van der Waals surface area contributed by atoms with Gasteiger partial charge in [0.1, 0.15) is 22.3 Å². The van der Waals surface area contributed by atoms with Crippen molar-refractivity contribution >= 4 is 51.3 Å². The molecular formula is C21H24ClN7OS. The Kier molecular flexibility index (Phi) is 6.08. The normalized spacial score (nSPS) is 15.9. The Labute approximate surface area is 189 Å². The Morgan fingerprint density at radius 1 is 1.26 bits per heavy atom. The number of benzene rings is 1. The molecule has 0 bridgehead atoms. The van der Waals surface area contributed by atoms with Crippen LogP contribution in [-0.4, -0.2) is 40.0 Å². The molecule has 3 heterocycles. The average molecular weight is 458 g/mol. The molecule has 31 heavy (non-hydrogen) atoms. The van der Waals surface area contributed by atoms with Gasteiger partial charge in [0.15, 0.2) is 5.13 Å². The Morgan fingerprint density at radius 2 is 2.06 bits per heavy atom. The highest BCUT2D eigenvalue weighted by Crippen LogP contribution is 2.29. The number of hydrogen-bond donors (Lipinski definition) is 3. The minimum Gasteiger partial charge on any atom is -0.355 e. The maximum Gasteiger partial charge on any atom is 0.267 e. The number of carbonyl (C=O) groups excluding carboxylic acids is 1. The van der Waals surface area contributed by atoms with E-state index >= 15 is 0 Å². The van der Waals surface area contributed by atoms with Gasteiger partial charge in [-0.1, -0.05) is 29.0 Å². The van der Waals surface area contributed by atoms with Crippen LogP contribution in [0, 0.1) is 20.8 Å². The Balaban J connectivity index is 1.48. The molecule has 10 heteroatoms. The van der Waals surface area contributed by atoms with Crippen molar-refractivity contribution in [3.63, 3.8) is 0 Å². The summed E-state index contributed by atoms with van der Waals surface area (Å²) >= 11 is 7.55. The molecular weight excluding hydrogens is 434 g/mol. The van der Waals surface area contributed by atoms with Gasteiger partial charge in [0, 0.05) is 25.2 Å². The van der Waals surface area contributed by atoms with Gasteiger partial charge in [-0.3, -0.25) is 4.79 Å². The van der Waals surface area contributed by atoms with Gasteiger partial charge >= 0.3 is 0 Å². The fourth-order valence-corrected chi connectivity index (χ4v) is 4.66. The number of halogens is 1. The highest BCUT2D eigenvalue weighted by Gasteiger charge is 2.21. The van der Waals surface area contributed by atoms with Crippen LogP contribution in [0.15, 0.2) is 24.4 Å². The number of amides is 1. The van der Waals surface area contributed by atoms with Gasteiger partial charge in [-0.25, -0.2) is 15.0 Å². The molecule has 1 unspecified atom stereocenters. The SMILES string of the molecule is Cc1cc(C)c(NC(=O)c2cnc(Nc3cc(N4CCC(N)C4)nc(C)n3)s2)c(Cl)c1. The van der Waals surface area contributed by atoms with E-state index < -0.39 is 0 Å². The van der Waals surface area contributed by atoms with Crippen molar-refractivity contribution in [1.29, 1.82) is 0 Å². The third-order valence-corrected chi connectivity index (χ3v) is 6.22. The summed E-state index contributed by atoms with van der Waals surface area (Å²) < 4.78 is 0. The molecule has 0 aliphatic carbocycles. The first kappa shape index (κ1) is 21.5. The van der Waals surface area contributed by atoms with Crippen LogP contribution in [0.25, 0.3) is 0 Å². The molecule has 0 saturated carbocycles. The van der Waals surface area contributed by atoms with E-state index in [1.165, 1.54) is 17.5 Å². The summed E-state index contributed by atoms with van der Waals surface area (Å²) in [7, 11) is 0. The number of nitrogens with zero attached hydrogens (tertiary/aromatic N) is 4. The van der Waals surface area contributed by atoms with Gasteiger partial charge in [0.25, 0.3) is 5.91 Å². The molecule has 162 valence electrons. The zero-order valence-electron chi connectivity index (χ0n) is 17.6. The highest BCUT2D eigenvalue weighted by molar-refractivity contribution is 7.17. The van der Waals surface area contributed by atoms with E-state index in [9.17, 15) is 4.79 Å². The maximum atomic E-state index is 12.7. The Hall–Kier alpha value is -2.75. The van der Waals surface area contributed by atoms with Crippen LogP contribution in [0.2, 0.25) is 5.02 Å². The zero-order valence-corrected chi connectivity index (χ0v) is 19.1. The molecule has 1 aliphatic heterocycles. The number of hydrogen-bond acceptors (Lipinski definition) is 8. The third-order valence-electron chi connectivity index (χ3n) is 5.01. The first-order chi connectivity index (χ1) is 14.8. The topological polar surface area (TPSA) is 109 Å². The van der Waals surface area contributed by atoms with Crippen molar-refractivity contribution in [2.75, 3.05) is 28.6 Å². The summed E-state index contributed by atoms with van der Waals surface area (Å²) in [5, 5.41) is 7.15. The Morgan fingerprint density at radius 3 is 2.77 bits per heavy atom. The van der Waals surface area contributed by atoms with E-state index in [0.717, 1.165) is 36.5 Å². The number of carbonyl (C=O) groups is 1. The summed E-state index contributed by atoms with van der Waals surface area (Å²) in [6.45, 7) is 7.37. The summed E-state index contributed by atoms with van der Waals surface area (Å²) in [6.07, 6.45) is 2.48. The largest absolute Gasteiger partial charge is 0.355 e. The van der Waals surface area contributed by atoms with Gasteiger partial charge in [-0.2, -0.15) is 0 Å². The summed E-state index contributed by atoms with van der Waals surface area (Å²) in [4.78, 5) is 28.6. The van der Waals surface area contributed by atoms with Crippen molar-refractivity contribution in [1.82, 2.24) is 15.0 Å². The van der Waals surface area contributed by atoms with Crippen LogP contribution >= 0.6 is 22.9 Å². The zero-order chi connectivity index (χ0) is 22.1. The molecule has 4 N–H and O–H groups in total. The lowest BCUT2D eigenvalue weighted by Gasteiger charge is -2.18. The molecule has 0 spiro atoms. The monoisotopic (exact) mass is 457 g/mol. The summed E-state index contributed by atoms with van der Waals surface area (Å²) in [5.41, 5.74) is 8.58. The number of aryl methyl sites for hydroxylation is 3. The molecule has 1 aromatic carbocycles. The second-order valence-electron chi connectivity index (χ2n) is 7.70. The van der Waals surface area contributed by atoms with E-state index in [1.54, 1.807) is 0 Å². The van der Waals surface area contributed by atoms with E-state index in [0.29, 0.717) is 32.4 Å². The predicted octanol–water partition coefficient (Wildman–Crippen LogP) is 4.05. The smallest absolute Gasteiger partial charge is 0.267 e. The molecule has 1 aliphatic rings. The van der Waals surface area contributed by atoms with Crippen LogP contribution in [-0.2, 0) is 0 Å². The summed E-state index contributed by atoms with van der Waals surface area (Å²) in [6, 6.07) is 5.84. The van der Waals surface area contributed by atoms with Crippen molar-refractivity contribution in [3.05, 3.63) is 51.2 Å². The second-order valence-corrected chi connectivity index (χ2v) is 9.14. The Bertz CT molecular complexity index is 1110. The van der Waals surface area contributed by atoms with Crippen molar-refractivity contribution < 1.29 is 4.79 Å². The molecule has 1 atom stereocenters. The summed E-state index contributed by atoms with van der Waals surface area (Å²) in [5.74, 6) is 1.85. The third kappa shape index (κ3) is 4.95. The minimum atomic E-state index is -0.259. The fourth-order valence-electron chi connectivity index (χ4n) is 3.57. The number of nitrogens with one attached hydrogen (secondary N) is 2. The lowest BCUT2D eigenvalue weighted by Crippen LogP contribution is -2.27. The van der Waals surface area contributed by atoms with Crippen LogP contribution < -0.4 is 21.3 Å². The second kappa shape index (κ2) is 8.78. The highest BCUT2D eigenvalue weighted by atomic mass is 35.5. The van der Waals surface area contributed by atoms with Gasteiger partial charge in [-0.15, -0.1) is 0 Å². The van der Waals surface area contributed by atoms with E-state index in [2.05, 4.69) is 30.5 Å². The maximum absolute atomic E-state index is 12.7. The number of nitrogens with two attached hydrogens (primary N) is 1. The minimum absolute atomic E-state index is 0.164. The fraction of sp³-hybridized carbons (Fsp3) is 0.333. The van der Waals surface area contributed by atoms with Gasteiger partial charge < -0.3 is 21.3 Å². The average Bonchev–Trinajstić information content (AvgIpc) is 3.33. The van der Waals surface area contributed by atoms with E-state index in [1.807, 2.05) is 39.0 Å².